The van der Waals surface area contributed by atoms with Gasteiger partial charge in [-0.15, -0.1) is 0 Å². The van der Waals surface area contributed by atoms with Gasteiger partial charge < -0.3 is 16.0 Å². The van der Waals surface area contributed by atoms with Gasteiger partial charge in [-0.3, -0.25) is 4.79 Å². The highest BCUT2D eigenvalue weighted by atomic mass is 16.1. The highest BCUT2D eigenvalue weighted by Crippen LogP contribution is 2.21. The molecule has 0 aromatic heterocycles. The number of nitrogens with one attached hydrogen (secondary N) is 1. The summed E-state index contributed by atoms with van der Waals surface area (Å²) in [5.74, 6) is -0.0509. The molecule has 0 spiro atoms. The summed E-state index contributed by atoms with van der Waals surface area (Å²) >= 11 is 0. The van der Waals surface area contributed by atoms with Crippen LogP contribution in [0.5, 0.6) is 0 Å². The molecule has 4 heteroatoms. The molecule has 0 aliphatic heterocycles. The molecule has 1 amide bonds. The van der Waals surface area contributed by atoms with Gasteiger partial charge in [0.05, 0.1) is 5.56 Å². The Morgan fingerprint density at radius 2 is 2.05 bits per heavy atom. The fraction of sp³-hybridized carbons (Fsp3) is 0.562. The maximum atomic E-state index is 12.4. The van der Waals surface area contributed by atoms with E-state index in [-0.39, 0.29) is 11.9 Å². The molecular weight excluding hydrogens is 250 g/mol. The predicted molar refractivity (Wildman–Crippen MR) is 86.3 cm³/mol. The van der Waals surface area contributed by atoms with Crippen molar-refractivity contribution in [3.05, 3.63) is 23.8 Å². The summed E-state index contributed by atoms with van der Waals surface area (Å²) in [5.41, 5.74) is 7.93. The molecule has 4 nitrogen and oxygen atoms in total. The molecule has 0 heterocycles. The Morgan fingerprint density at radius 1 is 1.35 bits per heavy atom. The zero-order chi connectivity index (χ0) is 15.1. The van der Waals surface area contributed by atoms with Crippen LogP contribution in [-0.4, -0.2) is 26.0 Å². The zero-order valence-corrected chi connectivity index (χ0v) is 13.1. The van der Waals surface area contributed by atoms with Crippen LogP contribution in [0.15, 0.2) is 18.2 Å². The van der Waals surface area contributed by atoms with Crippen molar-refractivity contribution in [1.82, 2.24) is 5.32 Å². The van der Waals surface area contributed by atoms with E-state index in [1.807, 2.05) is 31.1 Å². The molecule has 0 bridgehead atoms. The van der Waals surface area contributed by atoms with Crippen molar-refractivity contribution in [2.75, 3.05) is 24.7 Å². The standard InChI is InChI=1S/C16H27N3O/c1-5-6-7-8-12(2)18-16(20)14-11-13(17)9-10-15(14)19(3)4/h9-12H,5-8,17H2,1-4H3,(H,18,20). The number of hydrogen-bond acceptors (Lipinski definition) is 3. The Bertz CT molecular complexity index is 443. The monoisotopic (exact) mass is 277 g/mol. The van der Waals surface area contributed by atoms with Gasteiger partial charge in [0.15, 0.2) is 0 Å². The van der Waals surface area contributed by atoms with Gasteiger partial charge in [-0.2, -0.15) is 0 Å². The van der Waals surface area contributed by atoms with Gasteiger partial charge in [0.2, 0.25) is 0 Å². The Hall–Kier alpha value is -1.71. The van der Waals surface area contributed by atoms with E-state index >= 15 is 0 Å². The van der Waals surface area contributed by atoms with Crippen molar-refractivity contribution >= 4 is 17.3 Å². The number of unbranched alkanes of at least 4 members (excludes halogenated alkanes) is 2. The van der Waals surface area contributed by atoms with Gasteiger partial charge in [-0.05, 0) is 31.5 Å². The second kappa shape index (κ2) is 7.78. The topological polar surface area (TPSA) is 58.4 Å². The number of nitrogen functional groups attached to an aromatic ring is 1. The number of hydrogen-bond donors (Lipinski definition) is 2. The minimum Gasteiger partial charge on any atom is -0.399 e. The Balaban J connectivity index is 2.74. The van der Waals surface area contributed by atoms with Crippen LogP contribution in [0.25, 0.3) is 0 Å². The van der Waals surface area contributed by atoms with Crippen molar-refractivity contribution in [1.29, 1.82) is 0 Å². The third kappa shape index (κ3) is 4.76. The summed E-state index contributed by atoms with van der Waals surface area (Å²) < 4.78 is 0. The first-order chi connectivity index (χ1) is 9.45. The fourth-order valence-electron chi connectivity index (χ4n) is 2.20. The molecule has 0 aliphatic rings. The van der Waals surface area contributed by atoms with Gasteiger partial charge in [-0.1, -0.05) is 26.2 Å². The number of carbonyl (C=O) groups is 1. The number of amides is 1. The van der Waals surface area contributed by atoms with E-state index in [2.05, 4.69) is 19.2 Å². The lowest BCUT2D eigenvalue weighted by Crippen LogP contribution is -2.33. The minimum atomic E-state index is -0.0509. The highest BCUT2D eigenvalue weighted by molar-refractivity contribution is 6.00. The summed E-state index contributed by atoms with van der Waals surface area (Å²) in [6.45, 7) is 4.23. The maximum absolute atomic E-state index is 12.4. The van der Waals surface area contributed by atoms with Crippen LogP contribution in [0, 0.1) is 0 Å². The predicted octanol–water partition coefficient (Wildman–Crippen LogP) is 3.03. The van der Waals surface area contributed by atoms with Crippen LogP contribution in [0.3, 0.4) is 0 Å². The molecule has 1 aromatic rings. The number of carbonyl (C=O) groups excluding carboxylic acids is 1. The molecule has 1 unspecified atom stereocenters. The molecule has 0 aliphatic carbocycles. The van der Waals surface area contributed by atoms with Crippen LogP contribution in [0.1, 0.15) is 49.9 Å². The zero-order valence-electron chi connectivity index (χ0n) is 13.1. The average molecular weight is 277 g/mol. The van der Waals surface area contributed by atoms with E-state index in [0.717, 1.165) is 18.5 Å². The maximum Gasteiger partial charge on any atom is 0.253 e. The van der Waals surface area contributed by atoms with E-state index in [1.165, 1.54) is 12.8 Å². The normalized spacial score (nSPS) is 12.0. The third-order valence-corrected chi connectivity index (χ3v) is 3.37. The molecule has 1 atom stereocenters. The molecule has 112 valence electrons. The first kappa shape index (κ1) is 16.3. The van der Waals surface area contributed by atoms with Gasteiger partial charge in [-0.25, -0.2) is 0 Å². The second-order valence-electron chi connectivity index (χ2n) is 5.54. The smallest absolute Gasteiger partial charge is 0.253 e. The fourth-order valence-corrected chi connectivity index (χ4v) is 2.20. The van der Waals surface area contributed by atoms with Gasteiger partial charge >= 0.3 is 0 Å². The average Bonchev–Trinajstić information content (AvgIpc) is 2.38. The van der Waals surface area contributed by atoms with Crippen molar-refractivity contribution in [2.24, 2.45) is 0 Å². The van der Waals surface area contributed by atoms with Crippen LogP contribution in [-0.2, 0) is 0 Å². The van der Waals surface area contributed by atoms with Crippen molar-refractivity contribution in [3.63, 3.8) is 0 Å². The molecule has 20 heavy (non-hydrogen) atoms. The van der Waals surface area contributed by atoms with E-state index in [0.29, 0.717) is 11.3 Å². The summed E-state index contributed by atoms with van der Waals surface area (Å²) in [5, 5.41) is 3.06. The largest absolute Gasteiger partial charge is 0.399 e. The van der Waals surface area contributed by atoms with E-state index in [9.17, 15) is 4.79 Å². The number of anilines is 2. The quantitative estimate of drug-likeness (QED) is 0.595. The third-order valence-electron chi connectivity index (χ3n) is 3.37. The van der Waals surface area contributed by atoms with Crippen molar-refractivity contribution in [3.8, 4) is 0 Å². The Morgan fingerprint density at radius 3 is 2.65 bits per heavy atom. The second-order valence-corrected chi connectivity index (χ2v) is 5.54. The molecule has 0 radical (unpaired) electrons. The summed E-state index contributed by atoms with van der Waals surface area (Å²) in [7, 11) is 3.85. The molecular formula is C16H27N3O. The van der Waals surface area contributed by atoms with E-state index in [4.69, 9.17) is 5.73 Å². The Kier molecular flexibility index (Phi) is 6.36. The summed E-state index contributed by atoms with van der Waals surface area (Å²) in [6, 6.07) is 5.62. The number of benzene rings is 1. The number of rotatable bonds is 7. The van der Waals surface area contributed by atoms with Crippen LogP contribution >= 0.6 is 0 Å². The number of nitrogens with zero attached hydrogens (tertiary/aromatic N) is 1. The molecule has 1 aromatic carbocycles. The van der Waals surface area contributed by atoms with Crippen LogP contribution < -0.4 is 16.0 Å². The van der Waals surface area contributed by atoms with Crippen molar-refractivity contribution in [2.45, 2.75) is 45.6 Å². The van der Waals surface area contributed by atoms with Gasteiger partial charge in [0.1, 0.15) is 0 Å². The molecule has 1 rings (SSSR count). The van der Waals surface area contributed by atoms with Crippen LogP contribution in [0.4, 0.5) is 11.4 Å². The molecule has 0 fully saturated rings. The van der Waals surface area contributed by atoms with E-state index < -0.39 is 0 Å². The lowest BCUT2D eigenvalue weighted by molar-refractivity contribution is 0.0938. The number of nitrogens with two attached hydrogens (primary N) is 1. The SMILES string of the molecule is CCCCCC(C)NC(=O)c1cc(N)ccc1N(C)C. The van der Waals surface area contributed by atoms with Gasteiger partial charge in [0, 0.05) is 31.5 Å². The summed E-state index contributed by atoms with van der Waals surface area (Å²) in [6.07, 6.45) is 4.57. The van der Waals surface area contributed by atoms with Gasteiger partial charge in [0.25, 0.3) is 5.91 Å². The molecule has 0 saturated carbocycles. The summed E-state index contributed by atoms with van der Waals surface area (Å²) in [4.78, 5) is 14.3. The molecule has 0 saturated heterocycles. The molecule has 3 N–H and O–H groups in total. The van der Waals surface area contributed by atoms with Crippen molar-refractivity contribution < 1.29 is 4.79 Å². The van der Waals surface area contributed by atoms with Crippen LogP contribution in [0.2, 0.25) is 0 Å². The lowest BCUT2D eigenvalue weighted by atomic mass is 10.1. The first-order valence-electron chi connectivity index (χ1n) is 7.33. The first-order valence-corrected chi connectivity index (χ1v) is 7.33. The minimum absolute atomic E-state index is 0.0509. The van der Waals surface area contributed by atoms with E-state index in [1.54, 1.807) is 6.07 Å². The lowest BCUT2D eigenvalue weighted by Gasteiger charge is -2.19. The Labute approximate surface area is 122 Å². The highest BCUT2D eigenvalue weighted by Gasteiger charge is 2.15.